The van der Waals surface area contributed by atoms with Crippen LogP contribution in [0.3, 0.4) is 0 Å². The highest BCUT2D eigenvalue weighted by Crippen LogP contribution is 2.10. The summed E-state index contributed by atoms with van der Waals surface area (Å²) in [6.45, 7) is 10.3. The molecule has 0 saturated carbocycles. The summed E-state index contributed by atoms with van der Waals surface area (Å²) >= 11 is 0. The van der Waals surface area contributed by atoms with Gasteiger partial charge in [-0.25, -0.2) is 4.79 Å². The molecular weight excluding hydrogens is 310 g/mol. The van der Waals surface area contributed by atoms with E-state index in [-0.39, 0.29) is 6.03 Å². The van der Waals surface area contributed by atoms with E-state index in [0.717, 1.165) is 38.0 Å². The standard InChI is InChI=1S/C21H35N3O/c1-19(2)12-17-24(16-9-15-23-13-7-4-8-14-23)21(25)22-18-20-10-5-3-6-11-20/h3,5-6,10-11,19H,4,7-9,12-18H2,1-2H3,(H,22,25). The van der Waals surface area contributed by atoms with Gasteiger partial charge in [0, 0.05) is 19.6 Å². The first-order valence-corrected chi connectivity index (χ1v) is 9.94. The van der Waals surface area contributed by atoms with Crippen LogP contribution in [-0.2, 0) is 6.54 Å². The molecule has 1 aliphatic rings. The zero-order valence-electron chi connectivity index (χ0n) is 16.0. The number of carbonyl (C=O) groups is 1. The summed E-state index contributed by atoms with van der Waals surface area (Å²) in [6, 6.07) is 10.2. The molecular formula is C21H35N3O. The van der Waals surface area contributed by atoms with Crippen LogP contribution < -0.4 is 5.32 Å². The normalized spacial score (nSPS) is 15.3. The van der Waals surface area contributed by atoms with Gasteiger partial charge in [-0.3, -0.25) is 0 Å². The van der Waals surface area contributed by atoms with E-state index in [9.17, 15) is 4.79 Å². The zero-order chi connectivity index (χ0) is 17.9. The number of piperidine rings is 1. The molecule has 0 bridgehead atoms. The maximum Gasteiger partial charge on any atom is 0.317 e. The van der Waals surface area contributed by atoms with E-state index in [2.05, 4.69) is 36.2 Å². The summed E-state index contributed by atoms with van der Waals surface area (Å²) in [6.07, 6.45) is 6.15. The Morgan fingerprint density at radius 1 is 1.12 bits per heavy atom. The summed E-state index contributed by atoms with van der Waals surface area (Å²) in [4.78, 5) is 17.2. The van der Waals surface area contributed by atoms with Crippen molar-refractivity contribution in [3.8, 4) is 0 Å². The lowest BCUT2D eigenvalue weighted by Gasteiger charge is -2.28. The number of likely N-dealkylation sites (tertiary alicyclic amines) is 1. The Balaban J connectivity index is 1.77. The second-order valence-corrected chi connectivity index (χ2v) is 7.57. The van der Waals surface area contributed by atoms with E-state index >= 15 is 0 Å². The number of amides is 2. The van der Waals surface area contributed by atoms with Crippen LogP contribution in [0.15, 0.2) is 30.3 Å². The minimum atomic E-state index is 0.0724. The summed E-state index contributed by atoms with van der Waals surface area (Å²) in [5.41, 5.74) is 1.15. The Kier molecular flexibility index (Phi) is 8.81. The molecule has 1 N–H and O–H groups in total. The van der Waals surface area contributed by atoms with Crippen molar-refractivity contribution in [2.45, 2.75) is 52.5 Å². The summed E-state index contributed by atoms with van der Waals surface area (Å²) in [5, 5.41) is 3.08. The van der Waals surface area contributed by atoms with Crippen molar-refractivity contribution in [2.24, 2.45) is 5.92 Å². The molecule has 0 aliphatic carbocycles. The highest BCUT2D eigenvalue weighted by atomic mass is 16.2. The lowest BCUT2D eigenvalue weighted by molar-refractivity contribution is 0.182. The van der Waals surface area contributed by atoms with Crippen molar-refractivity contribution in [1.82, 2.24) is 15.1 Å². The third-order valence-corrected chi connectivity index (χ3v) is 4.90. The fourth-order valence-corrected chi connectivity index (χ4v) is 3.28. The Morgan fingerprint density at radius 2 is 1.84 bits per heavy atom. The Hall–Kier alpha value is -1.55. The third-order valence-electron chi connectivity index (χ3n) is 4.90. The van der Waals surface area contributed by atoms with Gasteiger partial charge < -0.3 is 15.1 Å². The van der Waals surface area contributed by atoms with Crippen LogP contribution in [0.5, 0.6) is 0 Å². The van der Waals surface area contributed by atoms with Gasteiger partial charge in [0.05, 0.1) is 0 Å². The third kappa shape index (κ3) is 7.91. The number of hydrogen-bond acceptors (Lipinski definition) is 2. The quantitative estimate of drug-likeness (QED) is 0.731. The van der Waals surface area contributed by atoms with Crippen molar-refractivity contribution in [3.05, 3.63) is 35.9 Å². The molecule has 1 aliphatic heterocycles. The SMILES string of the molecule is CC(C)CCN(CCCN1CCCCC1)C(=O)NCc1ccccc1. The number of nitrogens with one attached hydrogen (secondary N) is 1. The maximum atomic E-state index is 12.6. The molecule has 1 fully saturated rings. The largest absolute Gasteiger partial charge is 0.334 e. The lowest BCUT2D eigenvalue weighted by atomic mass is 10.1. The van der Waals surface area contributed by atoms with E-state index in [1.165, 1.54) is 32.4 Å². The van der Waals surface area contributed by atoms with Crippen LogP contribution in [0, 0.1) is 5.92 Å². The van der Waals surface area contributed by atoms with Crippen LogP contribution in [0.2, 0.25) is 0 Å². The molecule has 0 unspecified atom stereocenters. The van der Waals surface area contributed by atoms with Gasteiger partial charge in [0.25, 0.3) is 0 Å². The lowest BCUT2D eigenvalue weighted by Crippen LogP contribution is -2.42. The number of rotatable bonds is 9. The van der Waals surface area contributed by atoms with Crippen molar-refractivity contribution < 1.29 is 4.79 Å². The molecule has 4 nitrogen and oxygen atoms in total. The molecule has 1 aromatic rings. The molecule has 140 valence electrons. The number of benzene rings is 1. The average molecular weight is 346 g/mol. The summed E-state index contributed by atoms with van der Waals surface area (Å²) in [5.74, 6) is 0.617. The van der Waals surface area contributed by atoms with Gasteiger partial charge in [-0.05, 0) is 56.8 Å². The minimum absolute atomic E-state index is 0.0724. The number of carbonyl (C=O) groups excluding carboxylic acids is 1. The smallest absolute Gasteiger partial charge is 0.317 e. The van der Waals surface area contributed by atoms with Crippen LogP contribution in [-0.4, -0.2) is 48.6 Å². The van der Waals surface area contributed by atoms with Crippen molar-refractivity contribution in [3.63, 3.8) is 0 Å². The number of nitrogens with zero attached hydrogens (tertiary/aromatic N) is 2. The first kappa shape index (κ1) is 19.8. The molecule has 1 heterocycles. The van der Waals surface area contributed by atoms with Crippen LogP contribution in [0.25, 0.3) is 0 Å². The van der Waals surface area contributed by atoms with Gasteiger partial charge in [0.1, 0.15) is 0 Å². The molecule has 1 saturated heterocycles. The average Bonchev–Trinajstić information content (AvgIpc) is 2.64. The topological polar surface area (TPSA) is 35.6 Å². The molecule has 1 aromatic carbocycles. The number of hydrogen-bond donors (Lipinski definition) is 1. The highest BCUT2D eigenvalue weighted by Gasteiger charge is 2.15. The van der Waals surface area contributed by atoms with Gasteiger partial charge in [-0.2, -0.15) is 0 Å². The van der Waals surface area contributed by atoms with Crippen molar-refractivity contribution >= 4 is 6.03 Å². The molecule has 2 amide bonds. The van der Waals surface area contributed by atoms with Crippen LogP contribution >= 0.6 is 0 Å². The first-order chi connectivity index (χ1) is 12.1. The highest BCUT2D eigenvalue weighted by molar-refractivity contribution is 5.74. The molecule has 0 spiro atoms. The van der Waals surface area contributed by atoms with E-state index in [4.69, 9.17) is 0 Å². The number of urea groups is 1. The van der Waals surface area contributed by atoms with Gasteiger partial charge in [-0.1, -0.05) is 50.6 Å². The summed E-state index contributed by atoms with van der Waals surface area (Å²) < 4.78 is 0. The van der Waals surface area contributed by atoms with E-state index < -0.39 is 0 Å². The Morgan fingerprint density at radius 3 is 2.52 bits per heavy atom. The molecule has 25 heavy (non-hydrogen) atoms. The monoisotopic (exact) mass is 345 g/mol. The van der Waals surface area contributed by atoms with E-state index in [1.807, 2.05) is 23.1 Å². The maximum absolute atomic E-state index is 12.6. The molecule has 0 aromatic heterocycles. The Labute approximate surface area is 153 Å². The van der Waals surface area contributed by atoms with Gasteiger partial charge in [0.2, 0.25) is 0 Å². The fourth-order valence-electron chi connectivity index (χ4n) is 3.28. The first-order valence-electron chi connectivity index (χ1n) is 9.94. The van der Waals surface area contributed by atoms with Crippen LogP contribution in [0.1, 0.15) is 51.5 Å². The van der Waals surface area contributed by atoms with Gasteiger partial charge >= 0.3 is 6.03 Å². The van der Waals surface area contributed by atoms with Gasteiger partial charge in [0.15, 0.2) is 0 Å². The predicted molar refractivity (Wildman–Crippen MR) is 105 cm³/mol. The van der Waals surface area contributed by atoms with Crippen molar-refractivity contribution in [1.29, 1.82) is 0 Å². The molecule has 2 rings (SSSR count). The van der Waals surface area contributed by atoms with Crippen LogP contribution in [0.4, 0.5) is 4.79 Å². The zero-order valence-corrected chi connectivity index (χ0v) is 16.0. The minimum Gasteiger partial charge on any atom is -0.334 e. The van der Waals surface area contributed by atoms with Crippen molar-refractivity contribution in [2.75, 3.05) is 32.7 Å². The van der Waals surface area contributed by atoms with E-state index in [1.54, 1.807) is 0 Å². The predicted octanol–water partition coefficient (Wildman–Crippen LogP) is 4.12. The molecule has 0 atom stereocenters. The van der Waals surface area contributed by atoms with E-state index in [0.29, 0.717) is 12.5 Å². The second-order valence-electron chi connectivity index (χ2n) is 7.57. The molecule has 0 radical (unpaired) electrons. The Bertz CT molecular complexity index is 483. The fraction of sp³-hybridized carbons (Fsp3) is 0.667. The summed E-state index contributed by atoms with van der Waals surface area (Å²) in [7, 11) is 0. The van der Waals surface area contributed by atoms with Gasteiger partial charge in [-0.15, -0.1) is 0 Å². The second kappa shape index (κ2) is 11.1. The molecule has 4 heteroatoms.